The van der Waals surface area contributed by atoms with Gasteiger partial charge in [0.05, 0.1) is 6.61 Å². The van der Waals surface area contributed by atoms with Crippen LogP contribution in [0.4, 0.5) is 0 Å². The third kappa shape index (κ3) is 3.37. The van der Waals surface area contributed by atoms with E-state index in [-0.39, 0.29) is 5.41 Å². The zero-order chi connectivity index (χ0) is 13.9. The Bertz CT molecular complexity index is 515. The predicted molar refractivity (Wildman–Crippen MR) is 81.7 cm³/mol. The molecular formula is C18H22O. The van der Waals surface area contributed by atoms with Gasteiger partial charge in [-0.1, -0.05) is 57.2 Å². The second-order valence-corrected chi connectivity index (χ2v) is 5.78. The van der Waals surface area contributed by atoms with Gasteiger partial charge in [-0.25, -0.2) is 0 Å². The number of hydrogen-bond acceptors (Lipinski definition) is 1. The monoisotopic (exact) mass is 254 g/mol. The number of hydrogen-bond donors (Lipinski definition) is 0. The molecule has 0 saturated heterocycles. The van der Waals surface area contributed by atoms with Crippen molar-refractivity contribution >= 4 is 0 Å². The molecule has 0 heterocycles. The summed E-state index contributed by atoms with van der Waals surface area (Å²) in [6, 6.07) is 17.1. The summed E-state index contributed by atoms with van der Waals surface area (Å²) in [6.45, 7) is 9.41. The van der Waals surface area contributed by atoms with Gasteiger partial charge < -0.3 is 4.74 Å². The Kier molecular flexibility index (Phi) is 3.94. The van der Waals surface area contributed by atoms with E-state index in [4.69, 9.17) is 4.74 Å². The molecule has 1 nitrogen and oxygen atoms in total. The summed E-state index contributed by atoms with van der Waals surface area (Å²) >= 11 is 0. The van der Waals surface area contributed by atoms with Gasteiger partial charge in [0.1, 0.15) is 5.75 Å². The zero-order valence-corrected chi connectivity index (χ0v) is 12.2. The van der Waals surface area contributed by atoms with E-state index in [0.717, 1.165) is 5.75 Å². The Morgan fingerprint density at radius 1 is 0.789 bits per heavy atom. The van der Waals surface area contributed by atoms with Crippen LogP contribution in [0.2, 0.25) is 0 Å². The molecule has 0 saturated carbocycles. The highest BCUT2D eigenvalue weighted by atomic mass is 16.5. The molecule has 0 bridgehead atoms. The molecule has 0 aliphatic heterocycles. The van der Waals surface area contributed by atoms with E-state index in [2.05, 4.69) is 57.2 Å². The fourth-order valence-electron chi connectivity index (χ4n) is 2.07. The van der Waals surface area contributed by atoms with Crippen LogP contribution in [0.15, 0.2) is 48.5 Å². The molecule has 0 amide bonds. The molecule has 0 unspecified atom stereocenters. The van der Waals surface area contributed by atoms with Gasteiger partial charge in [-0.3, -0.25) is 0 Å². The Labute approximate surface area is 116 Å². The quantitative estimate of drug-likeness (QED) is 0.744. The molecule has 0 radical (unpaired) electrons. The van der Waals surface area contributed by atoms with E-state index in [1.165, 1.54) is 16.7 Å². The summed E-state index contributed by atoms with van der Waals surface area (Å²) in [5.74, 6) is 0.928. The Hall–Kier alpha value is -1.76. The van der Waals surface area contributed by atoms with Crippen molar-refractivity contribution in [3.63, 3.8) is 0 Å². The molecule has 1 heteroatoms. The molecule has 19 heavy (non-hydrogen) atoms. The molecule has 0 aliphatic rings. The van der Waals surface area contributed by atoms with Gasteiger partial charge in [-0.05, 0) is 41.2 Å². The summed E-state index contributed by atoms with van der Waals surface area (Å²) < 4.78 is 5.46. The zero-order valence-electron chi connectivity index (χ0n) is 12.2. The van der Waals surface area contributed by atoms with Gasteiger partial charge >= 0.3 is 0 Å². The van der Waals surface area contributed by atoms with Crippen LogP contribution < -0.4 is 4.74 Å². The van der Waals surface area contributed by atoms with Gasteiger partial charge in [-0.15, -0.1) is 0 Å². The van der Waals surface area contributed by atoms with Crippen LogP contribution in [0.25, 0.3) is 11.1 Å². The van der Waals surface area contributed by atoms with Gasteiger partial charge in [0, 0.05) is 0 Å². The lowest BCUT2D eigenvalue weighted by molar-refractivity contribution is 0.340. The highest BCUT2D eigenvalue weighted by Gasteiger charge is 2.12. The van der Waals surface area contributed by atoms with Crippen LogP contribution in [0.5, 0.6) is 5.75 Å². The minimum atomic E-state index is 0.206. The molecule has 0 fully saturated rings. The lowest BCUT2D eigenvalue weighted by Crippen LogP contribution is -2.10. The van der Waals surface area contributed by atoms with E-state index in [1.54, 1.807) is 0 Å². The fourth-order valence-corrected chi connectivity index (χ4v) is 2.07. The third-order valence-corrected chi connectivity index (χ3v) is 3.25. The Morgan fingerprint density at radius 2 is 1.26 bits per heavy atom. The molecule has 0 N–H and O–H groups in total. The molecule has 100 valence electrons. The summed E-state index contributed by atoms with van der Waals surface area (Å²) in [6.07, 6.45) is 0. The first-order valence-electron chi connectivity index (χ1n) is 6.84. The molecule has 2 rings (SSSR count). The minimum Gasteiger partial charge on any atom is -0.494 e. The number of rotatable bonds is 3. The maximum absolute atomic E-state index is 5.46. The summed E-state index contributed by atoms with van der Waals surface area (Å²) in [5, 5.41) is 0. The van der Waals surface area contributed by atoms with Crippen molar-refractivity contribution in [2.45, 2.75) is 33.1 Å². The predicted octanol–water partition coefficient (Wildman–Crippen LogP) is 5.05. The maximum Gasteiger partial charge on any atom is 0.119 e. The molecule has 2 aromatic carbocycles. The Morgan fingerprint density at radius 3 is 1.68 bits per heavy atom. The van der Waals surface area contributed by atoms with Crippen molar-refractivity contribution in [3.05, 3.63) is 54.1 Å². The molecule has 0 aromatic heterocycles. The van der Waals surface area contributed by atoms with E-state index in [0.29, 0.717) is 6.61 Å². The smallest absolute Gasteiger partial charge is 0.119 e. The first-order valence-corrected chi connectivity index (χ1v) is 6.84. The summed E-state index contributed by atoms with van der Waals surface area (Å²) in [4.78, 5) is 0. The number of benzene rings is 2. The second-order valence-electron chi connectivity index (χ2n) is 5.78. The van der Waals surface area contributed by atoms with Gasteiger partial charge in [0.2, 0.25) is 0 Å². The average Bonchev–Trinajstić information content (AvgIpc) is 2.39. The lowest BCUT2D eigenvalue weighted by atomic mass is 9.86. The van der Waals surface area contributed by atoms with E-state index in [9.17, 15) is 0 Å². The van der Waals surface area contributed by atoms with Crippen molar-refractivity contribution in [1.82, 2.24) is 0 Å². The van der Waals surface area contributed by atoms with Gasteiger partial charge in [-0.2, -0.15) is 0 Å². The van der Waals surface area contributed by atoms with Crippen LogP contribution in [0.3, 0.4) is 0 Å². The molecular weight excluding hydrogens is 232 g/mol. The normalized spacial score (nSPS) is 11.4. The first kappa shape index (κ1) is 13.7. The van der Waals surface area contributed by atoms with Gasteiger partial charge in [0.25, 0.3) is 0 Å². The molecule has 0 spiro atoms. The van der Waals surface area contributed by atoms with Crippen molar-refractivity contribution in [3.8, 4) is 16.9 Å². The topological polar surface area (TPSA) is 9.23 Å². The molecule has 0 atom stereocenters. The Balaban J connectivity index is 2.22. The highest BCUT2D eigenvalue weighted by Crippen LogP contribution is 2.27. The second kappa shape index (κ2) is 5.48. The van der Waals surface area contributed by atoms with Crippen molar-refractivity contribution in [1.29, 1.82) is 0 Å². The van der Waals surface area contributed by atoms with E-state index >= 15 is 0 Å². The fraction of sp³-hybridized carbons (Fsp3) is 0.333. The van der Waals surface area contributed by atoms with Crippen LogP contribution in [-0.2, 0) is 5.41 Å². The van der Waals surface area contributed by atoms with Crippen LogP contribution in [0.1, 0.15) is 33.3 Å². The first-order chi connectivity index (χ1) is 9.00. The minimum absolute atomic E-state index is 0.206. The van der Waals surface area contributed by atoms with Crippen molar-refractivity contribution < 1.29 is 4.74 Å². The largest absolute Gasteiger partial charge is 0.494 e. The standard InChI is InChI=1S/C18H22O/c1-5-19-17-12-8-15(9-13-17)14-6-10-16(11-7-14)18(2,3)4/h6-13H,5H2,1-4H3. The summed E-state index contributed by atoms with van der Waals surface area (Å²) in [5.41, 5.74) is 4.04. The number of ether oxygens (including phenoxy) is 1. The van der Waals surface area contributed by atoms with E-state index in [1.807, 2.05) is 19.1 Å². The van der Waals surface area contributed by atoms with Crippen molar-refractivity contribution in [2.24, 2.45) is 0 Å². The molecule has 0 aliphatic carbocycles. The SMILES string of the molecule is CCOc1ccc(-c2ccc(C(C)(C)C)cc2)cc1. The average molecular weight is 254 g/mol. The van der Waals surface area contributed by atoms with Crippen LogP contribution in [-0.4, -0.2) is 6.61 Å². The van der Waals surface area contributed by atoms with E-state index < -0.39 is 0 Å². The third-order valence-electron chi connectivity index (χ3n) is 3.25. The van der Waals surface area contributed by atoms with Gasteiger partial charge in [0.15, 0.2) is 0 Å². The maximum atomic E-state index is 5.46. The van der Waals surface area contributed by atoms with Crippen LogP contribution in [0, 0.1) is 0 Å². The van der Waals surface area contributed by atoms with Crippen LogP contribution >= 0.6 is 0 Å². The lowest BCUT2D eigenvalue weighted by Gasteiger charge is -2.19. The van der Waals surface area contributed by atoms with Crippen molar-refractivity contribution in [2.75, 3.05) is 6.61 Å². The summed E-state index contributed by atoms with van der Waals surface area (Å²) in [7, 11) is 0. The molecule has 2 aromatic rings. The highest BCUT2D eigenvalue weighted by molar-refractivity contribution is 5.64.